The lowest BCUT2D eigenvalue weighted by atomic mass is 10.2. The number of hydrogen-bond donors (Lipinski definition) is 2. The normalized spacial score (nSPS) is 24.4. The van der Waals surface area contributed by atoms with Gasteiger partial charge in [0.2, 0.25) is 0 Å². The number of methoxy groups -OCH3 is 1. The van der Waals surface area contributed by atoms with Crippen LogP contribution < -0.4 is 10.6 Å². The molecule has 2 unspecified atom stereocenters. The maximum atomic E-state index is 5.46. The molecular weight excluding hydrogens is 202 g/mol. The zero-order valence-electron chi connectivity index (χ0n) is 9.86. The van der Waals surface area contributed by atoms with Gasteiger partial charge < -0.3 is 15.4 Å². The SMILES string of the molecule is CNc1cc(NC2CCCC2OC)ccn1. The summed E-state index contributed by atoms with van der Waals surface area (Å²) < 4.78 is 5.46. The van der Waals surface area contributed by atoms with Crippen LogP contribution in [0.25, 0.3) is 0 Å². The molecule has 0 saturated heterocycles. The van der Waals surface area contributed by atoms with Crippen molar-refractivity contribution >= 4 is 11.5 Å². The van der Waals surface area contributed by atoms with E-state index in [0.29, 0.717) is 12.1 Å². The van der Waals surface area contributed by atoms with Crippen molar-refractivity contribution in [3.8, 4) is 0 Å². The first-order chi connectivity index (χ1) is 7.83. The third kappa shape index (κ3) is 2.44. The van der Waals surface area contributed by atoms with Gasteiger partial charge in [-0.1, -0.05) is 0 Å². The molecule has 0 aromatic carbocycles. The third-order valence-corrected chi connectivity index (χ3v) is 3.12. The number of rotatable bonds is 4. The van der Waals surface area contributed by atoms with Crippen molar-refractivity contribution in [2.45, 2.75) is 31.4 Å². The highest BCUT2D eigenvalue weighted by Gasteiger charge is 2.26. The number of nitrogens with zero attached hydrogens (tertiary/aromatic N) is 1. The number of pyridine rings is 1. The van der Waals surface area contributed by atoms with Crippen molar-refractivity contribution in [3.63, 3.8) is 0 Å². The van der Waals surface area contributed by atoms with Gasteiger partial charge in [-0.25, -0.2) is 4.98 Å². The molecule has 2 atom stereocenters. The lowest BCUT2D eigenvalue weighted by molar-refractivity contribution is 0.101. The first kappa shape index (κ1) is 11.2. The minimum Gasteiger partial charge on any atom is -0.380 e. The molecule has 1 heterocycles. The summed E-state index contributed by atoms with van der Waals surface area (Å²) in [5.41, 5.74) is 1.10. The van der Waals surface area contributed by atoms with Crippen molar-refractivity contribution in [2.24, 2.45) is 0 Å². The van der Waals surface area contributed by atoms with Crippen LogP contribution in [0.2, 0.25) is 0 Å². The third-order valence-electron chi connectivity index (χ3n) is 3.12. The van der Waals surface area contributed by atoms with Gasteiger partial charge in [0.05, 0.1) is 12.1 Å². The highest BCUT2D eigenvalue weighted by molar-refractivity contribution is 5.52. The molecule has 1 aliphatic carbocycles. The fraction of sp³-hybridized carbons (Fsp3) is 0.583. The Morgan fingerprint density at radius 1 is 1.44 bits per heavy atom. The van der Waals surface area contributed by atoms with Crippen LogP contribution >= 0.6 is 0 Å². The molecule has 88 valence electrons. The molecule has 1 saturated carbocycles. The van der Waals surface area contributed by atoms with Crippen LogP contribution in [0.4, 0.5) is 11.5 Å². The molecule has 4 heteroatoms. The minimum atomic E-state index is 0.339. The fourth-order valence-corrected chi connectivity index (χ4v) is 2.24. The zero-order valence-corrected chi connectivity index (χ0v) is 9.86. The summed E-state index contributed by atoms with van der Waals surface area (Å²) in [5.74, 6) is 0.886. The molecular formula is C12H19N3O. The monoisotopic (exact) mass is 221 g/mol. The Morgan fingerprint density at radius 3 is 3.06 bits per heavy atom. The molecule has 0 radical (unpaired) electrons. The maximum Gasteiger partial charge on any atom is 0.127 e. The van der Waals surface area contributed by atoms with Crippen LogP contribution in [-0.2, 0) is 4.74 Å². The Balaban J connectivity index is 2.02. The Labute approximate surface area is 96.4 Å². The second-order valence-corrected chi connectivity index (χ2v) is 4.14. The number of aromatic nitrogens is 1. The largest absolute Gasteiger partial charge is 0.380 e. The highest BCUT2D eigenvalue weighted by atomic mass is 16.5. The average Bonchev–Trinajstić information content (AvgIpc) is 2.76. The second-order valence-electron chi connectivity index (χ2n) is 4.14. The number of ether oxygens (including phenoxy) is 1. The van der Waals surface area contributed by atoms with Gasteiger partial charge in [0.1, 0.15) is 5.82 Å². The van der Waals surface area contributed by atoms with E-state index in [4.69, 9.17) is 4.74 Å². The number of anilines is 2. The molecule has 0 aliphatic heterocycles. The average molecular weight is 221 g/mol. The Bertz CT molecular complexity index is 343. The van der Waals surface area contributed by atoms with Crippen LogP contribution in [0.5, 0.6) is 0 Å². The Morgan fingerprint density at radius 2 is 2.31 bits per heavy atom. The van der Waals surface area contributed by atoms with Gasteiger partial charge in [0.25, 0.3) is 0 Å². The number of nitrogens with one attached hydrogen (secondary N) is 2. The van der Waals surface area contributed by atoms with Crippen LogP contribution in [0.1, 0.15) is 19.3 Å². The van der Waals surface area contributed by atoms with Gasteiger partial charge in [-0.15, -0.1) is 0 Å². The van der Waals surface area contributed by atoms with E-state index in [1.54, 1.807) is 7.11 Å². The van der Waals surface area contributed by atoms with E-state index in [1.807, 2.05) is 25.4 Å². The van der Waals surface area contributed by atoms with Crippen LogP contribution in [0.15, 0.2) is 18.3 Å². The molecule has 1 aromatic heterocycles. The summed E-state index contributed by atoms with van der Waals surface area (Å²) in [5, 5.41) is 6.55. The molecule has 1 fully saturated rings. The van der Waals surface area contributed by atoms with Crippen LogP contribution in [0.3, 0.4) is 0 Å². The standard InChI is InChI=1S/C12H19N3O/c1-13-12-8-9(6-7-14-12)15-10-4-3-5-11(10)16-2/h6-8,10-11H,3-5H2,1-2H3,(H2,13,14,15). The second kappa shape index (κ2) is 5.16. The van der Waals surface area contributed by atoms with Crippen molar-refractivity contribution in [2.75, 3.05) is 24.8 Å². The Kier molecular flexibility index (Phi) is 3.62. The van der Waals surface area contributed by atoms with Crippen LogP contribution in [0, 0.1) is 0 Å². The summed E-state index contributed by atoms with van der Waals surface area (Å²) in [6.45, 7) is 0. The van der Waals surface area contributed by atoms with E-state index in [-0.39, 0.29) is 0 Å². The summed E-state index contributed by atoms with van der Waals surface area (Å²) in [6, 6.07) is 4.44. The van der Waals surface area contributed by atoms with Crippen LogP contribution in [-0.4, -0.2) is 31.3 Å². The predicted molar refractivity (Wildman–Crippen MR) is 65.8 cm³/mol. The van der Waals surface area contributed by atoms with Gasteiger partial charge in [0.15, 0.2) is 0 Å². The van der Waals surface area contributed by atoms with Gasteiger partial charge >= 0.3 is 0 Å². The van der Waals surface area contributed by atoms with E-state index in [9.17, 15) is 0 Å². The molecule has 16 heavy (non-hydrogen) atoms. The quantitative estimate of drug-likeness (QED) is 0.817. The van der Waals surface area contributed by atoms with Gasteiger partial charge in [-0.3, -0.25) is 0 Å². The Hall–Kier alpha value is -1.29. The molecule has 0 bridgehead atoms. The highest BCUT2D eigenvalue weighted by Crippen LogP contribution is 2.25. The molecule has 2 N–H and O–H groups in total. The van der Waals surface area contributed by atoms with E-state index in [1.165, 1.54) is 12.8 Å². The van der Waals surface area contributed by atoms with Crippen molar-refractivity contribution in [1.29, 1.82) is 0 Å². The molecule has 1 aromatic rings. The molecule has 0 spiro atoms. The van der Waals surface area contributed by atoms with E-state index in [0.717, 1.165) is 17.9 Å². The van der Waals surface area contributed by atoms with Gasteiger partial charge in [-0.05, 0) is 25.3 Å². The maximum absolute atomic E-state index is 5.46. The number of hydrogen-bond acceptors (Lipinski definition) is 4. The molecule has 0 amide bonds. The fourth-order valence-electron chi connectivity index (χ4n) is 2.24. The summed E-state index contributed by atoms with van der Waals surface area (Å²) in [6.07, 6.45) is 5.71. The lowest BCUT2D eigenvalue weighted by Crippen LogP contribution is -2.29. The minimum absolute atomic E-state index is 0.339. The first-order valence-corrected chi connectivity index (χ1v) is 5.76. The van der Waals surface area contributed by atoms with Gasteiger partial charge in [-0.2, -0.15) is 0 Å². The lowest BCUT2D eigenvalue weighted by Gasteiger charge is -2.20. The van der Waals surface area contributed by atoms with Crippen molar-refractivity contribution < 1.29 is 4.74 Å². The summed E-state index contributed by atoms with van der Waals surface area (Å²) in [4.78, 5) is 4.19. The molecule has 4 nitrogen and oxygen atoms in total. The topological polar surface area (TPSA) is 46.2 Å². The van der Waals surface area contributed by atoms with E-state index < -0.39 is 0 Å². The van der Waals surface area contributed by atoms with E-state index in [2.05, 4.69) is 15.6 Å². The van der Waals surface area contributed by atoms with Crippen molar-refractivity contribution in [1.82, 2.24) is 4.98 Å². The van der Waals surface area contributed by atoms with E-state index >= 15 is 0 Å². The molecule has 1 aliphatic rings. The zero-order chi connectivity index (χ0) is 11.4. The summed E-state index contributed by atoms with van der Waals surface area (Å²) >= 11 is 0. The molecule has 2 rings (SSSR count). The van der Waals surface area contributed by atoms with Crippen molar-refractivity contribution in [3.05, 3.63) is 18.3 Å². The smallest absolute Gasteiger partial charge is 0.127 e. The predicted octanol–water partition coefficient (Wildman–Crippen LogP) is 2.10. The van der Waals surface area contributed by atoms with Gasteiger partial charge in [0, 0.05) is 32.1 Å². The first-order valence-electron chi connectivity index (χ1n) is 5.76. The summed E-state index contributed by atoms with van der Waals surface area (Å²) in [7, 11) is 3.66.